The van der Waals surface area contributed by atoms with E-state index < -0.39 is 6.03 Å². The normalized spacial score (nSPS) is 14.3. The van der Waals surface area contributed by atoms with Crippen molar-refractivity contribution >= 4 is 17.8 Å². The molecule has 1 rings (SSSR count). The molecule has 3 nitrogen and oxygen atoms in total. The lowest BCUT2D eigenvalue weighted by molar-refractivity contribution is 0.257. The van der Waals surface area contributed by atoms with Gasteiger partial charge in [0.05, 0.1) is 11.7 Å². The first-order valence-electron chi connectivity index (χ1n) is 1.35. The van der Waals surface area contributed by atoms with Crippen molar-refractivity contribution < 1.29 is 4.79 Å². The first kappa shape index (κ1) is 3.04. The fraction of sp³-hybridized carbons (Fsp3) is 0. The summed E-state index contributed by atoms with van der Waals surface area (Å²) in [5, 5.41) is 0. The molecule has 0 atom stereocenters. The number of nitrogens with zero attached hydrogens (tertiary/aromatic N) is 2. The Bertz CT molecular complexity index is 151. The van der Waals surface area contributed by atoms with Crippen LogP contribution in [0.4, 0.5) is 4.79 Å². The largest absolute Gasteiger partial charge is 0.384 e. The van der Waals surface area contributed by atoms with Crippen molar-refractivity contribution in [3.05, 3.63) is 0 Å². The number of rotatable bonds is 0. The summed E-state index contributed by atoms with van der Waals surface area (Å²) in [4.78, 5) is 15.9. The van der Waals surface area contributed by atoms with Crippen molar-refractivity contribution in [1.29, 1.82) is 0 Å². The van der Waals surface area contributed by atoms with E-state index in [1.165, 1.54) is 0 Å². The molecule has 0 spiro atoms. The van der Waals surface area contributed by atoms with E-state index in [1.54, 1.807) is 0 Å². The molecule has 1 aliphatic heterocycles. The Hall–Kier alpha value is -1.17. The first-order valence-corrected chi connectivity index (χ1v) is 1.35. The highest BCUT2D eigenvalue weighted by atomic mass is 16.2. The zero-order valence-electron chi connectivity index (χ0n) is 2.80. The van der Waals surface area contributed by atoms with E-state index in [0.717, 1.165) is 0 Å². The van der Waals surface area contributed by atoms with Gasteiger partial charge in [-0.3, -0.25) is 0 Å². The quantitative estimate of drug-likeness (QED) is 0.404. The molecule has 3 heteroatoms. The molecule has 1 aliphatic rings. The second-order valence-electron chi connectivity index (χ2n) is 0.730. The van der Waals surface area contributed by atoms with Crippen LogP contribution in [0.15, 0.2) is 9.98 Å². The third-order valence-corrected chi connectivity index (χ3v) is 0.353. The summed E-state index contributed by atoms with van der Waals surface area (Å²) in [7, 11) is 0. The predicted molar refractivity (Wildman–Crippen MR) is 20.3 cm³/mol. The number of carbonyl (C=O) groups is 1. The maximum absolute atomic E-state index is 9.78. The smallest absolute Gasteiger partial charge is 0.242 e. The topological polar surface area (TPSA) is 41.8 Å². The number of hydrogen-bond donors (Lipinski definition) is 0. The van der Waals surface area contributed by atoms with Crippen LogP contribution in [-0.2, 0) is 0 Å². The van der Waals surface area contributed by atoms with Crippen molar-refractivity contribution in [3.8, 4) is 0 Å². The van der Waals surface area contributed by atoms with Crippen molar-refractivity contribution in [2.24, 2.45) is 9.98 Å². The van der Waals surface area contributed by atoms with Gasteiger partial charge in [-0.2, -0.15) is 0 Å². The minimum Gasteiger partial charge on any atom is -0.242 e. The Morgan fingerprint density at radius 2 is 1.83 bits per heavy atom. The van der Waals surface area contributed by atoms with E-state index in [1.807, 2.05) is 0 Å². The number of urea groups is 1. The van der Waals surface area contributed by atoms with Crippen molar-refractivity contribution in [2.75, 3.05) is 0 Å². The molecule has 6 heavy (non-hydrogen) atoms. The molecule has 0 aliphatic carbocycles. The van der Waals surface area contributed by atoms with Crippen LogP contribution < -0.4 is 0 Å². The van der Waals surface area contributed by atoms with Crippen LogP contribution in [-0.4, -0.2) is 17.8 Å². The van der Waals surface area contributed by atoms with E-state index in [2.05, 4.69) is 21.7 Å². The molecule has 0 aromatic heterocycles. The Balaban J connectivity index is 3.19. The van der Waals surface area contributed by atoms with Gasteiger partial charge in [0.1, 0.15) is 0 Å². The van der Waals surface area contributed by atoms with Gasteiger partial charge < -0.3 is 0 Å². The first-order chi connectivity index (χ1) is 2.89. The van der Waals surface area contributed by atoms with Gasteiger partial charge in [0, 0.05) is 0 Å². The van der Waals surface area contributed by atoms with Crippen LogP contribution in [0.5, 0.6) is 0 Å². The minimum atomic E-state index is -0.519. The second-order valence-corrected chi connectivity index (χ2v) is 0.730. The van der Waals surface area contributed by atoms with Crippen LogP contribution in [0.1, 0.15) is 0 Å². The lowest BCUT2D eigenvalue weighted by atomic mass is 11.1. The lowest BCUT2D eigenvalue weighted by Gasteiger charge is -1.59. The molecule has 28 valence electrons. The number of carbonyl (C=O) groups excluding carboxylic acids is 1. The highest BCUT2D eigenvalue weighted by Crippen LogP contribution is 1.77. The second kappa shape index (κ2) is 0.902. The van der Waals surface area contributed by atoms with E-state index in [-0.39, 0.29) is 0 Å². The van der Waals surface area contributed by atoms with Gasteiger partial charge in [-0.25, -0.2) is 4.79 Å². The fourth-order valence-corrected chi connectivity index (χ4v) is 0.171. The lowest BCUT2D eigenvalue weighted by Crippen LogP contribution is -1.71. The summed E-state index contributed by atoms with van der Waals surface area (Å²) in [5.74, 6) is 4.26. The third kappa shape index (κ3) is 0.279. The van der Waals surface area contributed by atoms with Gasteiger partial charge in [0.25, 0.3) is 0 Å². The van der Waals surface area contributed by atoms with Crippen LogP contribution >= 0.6 is 0 Å². The van der Waals surface area contributed by atoms with Crippen molar-refractivity contribution in [3.63, 3.8) is 0 Å². The van der Waals surface area contributed by atoms with Gasteiger partial charge in [-0.1, -0.05) is 0 Å². The molecular formula is C3N2O. The Labute approximate surface area is 33.7 Å². The Kier molecular flexibility index (Phi) is 0.457. The van der Waals surface area contributed by atoms with Crippen molar-refractivity contribution in [2.45, 2.75) is 0 Å². The molecule has 0 radical (unpaired) electrons. The van der Waals surface area contributed by atoms with E-state index in [4.69, 9.17) is 0 Å². The summed E-state index contributed by atoms with van der Waals surface area (Å²) < 4.78 is 0. The SMILES string of the molecule is O=C1N=C=C=N1. The van der Waals surface area contributed by atoms with E-state index >= 15 is 0 Å². The summed E-state index contributed by atoms with van der Waals surface area (Å²) in [6.45, 7) is 0. The van der Waals surface area contributed by atoms with Gasteiger partial charge in [0.2, 0.25) is 0 Å². The fourth-order valence-electron chi connectivity index (χ4n) is 0.171. The molecule has 2 amide bonds. The van der Waals surface area contributed by atoms with E-state index in [9.17, 15) is 4.79 Å². The van der Waals surface area contributed by atoms with Gasteiger partial charge in [-0.15, -0.1) is 9.98 Å². The monoisotopic (exact) mass is 80.0 g/mol. The molecular weight excluding hydrogens is 80.0 g/mol. The standard InChI is InChI=1S/C3N2O/c6-3-4-1-2-5-3. The Morgan fingerprint density at radius 3 is 2.00 bits per heavy atom. The molecule has 0 bridgehead atoms. The van der Waals surface area contributed by atoms with Gasteiger partial charge >= 0.3 is 6.03 Å². The number of amides is 2. The molecule has 0 fully saturated rings. The highest BCUT2D eigenvalue weighted by Gasteiger charge is 1.89. The molecule has 0 saturated carbocycles. The minimum absolute atomic E-state index is 0.519. The van der Waals surface area contributed by atoms with Crippen LogP contribution in [0.25, 0.3) is 0 Å². The average molecular weight is 80.0 g/mol. The van der Waals surface area contributed by atoms with Crippen LogP contribution in [0.2, 0.25) is 0 Å². The summed E-state index contributed by atoms with van der Waals surface area (Å²) in [6, 6.07) is -0.519. The summed E-state index contributed by atoms with van der Waals surface area (Å²) >= 11 is 0. The number of hydrogen-bond acceptors (Lipinski definition) is 1. The highest BCUT2D eigenvalue weighted by molar-refractivity contribution is 6.05. The molecule has 0 aromatic rings. The molecule has 0 saturated heterocycles. The van der Waals surface area contributed by atoms with Gasteiger partial charge in [0.15, 0.2) is 0 Å². The number of aliphatic imine (C=N–C) groups is 2. The maximum atomic E-state index is 9.78. The molecule has 0 aromatic carbocycles. The van der Waals surface area contributed by atoms with Crippen LogP contribution in [0, 0.1) is 0 Å². The zero-order valence-corrected chi connectivity index (χ0v) is 2.80. The molecule has 0 N–H and O–H groups in total. The van der Waals surface area contributed by atoms with Gasteiger partial charge in [-0.05, 0) is 0 Å². The maximum Gasteiger partial charge on any atom is 0.384 e. The molecule has 0 unspecified atom stereocenters. The van der Waals surface area contributed by atoms with Crippen molar-refractivity contribution in [1.82, 2.24) is 0 Å². The predicted octanol–water partition coefficient (Wildman–Crippen LogP) is 0.0156. The summed E-state index contributed by atoms with van der Waals surface area (Å²) in [5.41, 5.74) is 0. The van der Waals surface area contributed by atoms with Crippen LogP contribution in [0.3, 0.4) is 0 Å². The third-order valence-electron chi connectivity index (χ3n) is 0.353. The van der Waals surface area contributed by atoms with E-state index in [0.29, 0.717) is 0 Å². The zero-order chi connectivity index (χ0) is 4.41. The summed E-state index contributed by atoms with van der Waals surface area (Å²) in [6.07, 6.45) is 0. The molecule has 1 heterocycles. The Morgan fingerprint density at radius 1 is 1.33 bits per heavy atom. The average Bonchev–Trinajstić information content (AvgIpc) is 1.86.